The van der Waals surface area contributed by atoms with Gasteiger partial charge in [0.15, 0.2) is 11.6 Å². The van der Waals surface area contributed by atoms with E-state index < -0.39 is 12.3 Å². The van der Waals surface area contributed by atoms with E-state index in [1.807, 2.05) is 36.4 Å². The molecule has 2 bridgehead atoms. The van der Waals surface area contributed by atoms with Crippen molar-refractivity contribution in [3.63, 3.8) is 0 Å². The minimum Gasteiger partial charge on any atom is -0.497 e. The highest BCUT2D eigenvalue weighted by atomic mass is 16.7. The lowest BCUT2D eigenvalue weighted by molar-refractivity contribution is -0.163. The molecule has 0 radical (unpaired) electrons. The number of ketones is 2. The Kier molecular flexibility index (Phi) is 4.38. The van der Waals surface area contributed by atoms with Gasteiger partial charge in [0.1, 0.15) is 11.5 Å². The highest BCUT2D eigenvalue weighted by molar-refractivity contribution is 6.07. The number of hydrogen-bond donors (Lipinski definition) is 0. The molecule has 0 amide bonds. The Labute approximate surface area is 185 Å². The summed E-state index contributed by atoms with van der Waals surface area (Å²) < 4.78 is 22.4. The van der Waals surface area contributed by atoms with E-state index in [1.165, 1.54) is 7.11 Å². The zero-order chi connectivity index (χ0) is 22.0. The maximum absolute atomic E-state index is 14.1. The number of benzene rings is 2. The van der Waals surface area contributed by atoms with Gasteiger partial charge < -0.3 is 23.8 Å². The largest absolute Gasteiger partial charge is 0.497 e. The smallest absolute Gasteiger partial charge is 0.218 e. The zero-order valence-corrected chi connectivity index (χ0v) is 17.8. The molecule has 0 unspecified atom stereocenters. The topological polar surface area (TPSA) is 74.3 Å². The first-order valence-corrected chi connectivity index (χ1v) is 10.7. The Morgan fingerprint density at radius 2 is 1.97 bits per heavy atom. The molecule has 7 nitrogen and oxygen atoms in total. The van der Waals surface area contributed by atoms with Crippen LogP contribution < -0.4 is 14.4 Å². The molecule has 7 heteroatoms. The van der Waals surface area contributed by atoms with E-state index in [9.17, 15) is 9.59 Å². The van der Waals surface area contributed by atoms with Crippen molar-refractivity contribution >= 4 is 23.3 Å². The fourth-order valence-corrected chi connectivity index (χ4v) is 5.74. The summed E-state index contributed by atoms with van der Waals surface area (Å²) in [6.07, 6.45) is 2.94. The Morgan fingerprint density at radius 1 is 1.12 bits per heavy atom. The van der Waals surface area contributed by atoms with Crippen LogP contribution in [0.3, 0.4) is 0 Å². The van der Waals surface area contributed by atoms with Crippen LogP contribution in [0.25, 0.3) is 6.08 Å². The summed E-state index contributed by atoms with van der Waals surface area (Å²) in [4.78, 5) is 29.5. The van der Waals surface area contributed by atoms with Gasteiger partial charge in [0.2, 0.25) is 6.29 Å². The third-order valence-corrected chi connectivity index (χ3v) is 7.10. The van der Waals surface area contributed by atoms with Crippen molar-refractivity contribution in [1.29, 1.82) is 0 Å². The molecule has 0 saturated carbocycles. The number of fused-ring (bicyclic) bond motifs is 8. The normalized spacial score (nSPS) is 31.7. The summed E-state index contributed by atoms with van der Waals surface area (Å²) in [7, 11) is 3.11. The van der Waals surface area contributed by atoms with Crippen molar-refractivity contribution in [2.45, 2.75) is 24.5 Å². The van der Waals surface area contributed by atoms with Gasteiger partial charge in [0, 0.05) is 17.7 Å². The van der Waals surface area contributed by atoms with Crippen LogP contribution >= 0.6 is 0 Å². The Morgan fingerprint density at radius 3 is 2.78 bits per heavy atom. The van der Waals surface area contributed by atoms with Gasteiger partial charge in [-0.1, -0.05) is 30.4 Å². The van der Waals surface area contributed by atoms with E-state index in [2.05, 4.69) is 4.90 Å². The predicted molar refractivity (Wildman–Crippen MR) is 116 cm³/mol. The Balaban J connectivity index is 1.51. The fourth-order valence-electron chi connectivity index (χ4n) is 5.74. The second-order valence-corrected chi connectivity index (χ2v) is 8.54. The molecule has 0 N–H and O–H groups in total. The third kappa shape index (κ3) is 2.61. The van der Waals surface area contributed by atoms with Crippen molar-refractivity contribution in [3.05, 3.63) is 59.7 Å². The van der Waals surface area contributed by atoms with E-state index in [0.29, 0.717) is 23.7 Å². The molecule has 4 aliphatic heterocycles. The standard InChI is InChI=1S/C25H23NO6/c1-29-14-8-9-15(18(11-14)30-2)23(27)22-21-19-12-31-25(32-19)24(28)20(21)17-10-7-13-5-3-4-6-16(13)26(17)22/h3-11,17,19-22,25H,12H2,1-2H3/t17-,19-,20+,21-,22+,25+/m1/s1. The summed E-state index contributed by atoms with van der Waals surface area (Å²) in [6.45, 7) is 0.313. The lowest BCUT2D eigenvalue weighted by Gasteiger charge is -2.35. The molecule has 6 atom stereocenters. The van der Waals surface area contributed by atoms with E-state index in [1.54, 1.807) is 25.3 Å². The van der Waals surface area contributed by atoms with Crippen LogP contribution in [-0.4, -0.2) is 56.9 Å². The van der Waals surface area contributed by atoms with E-state index in [0.717, 1.165) is 11.3 Å². The van der Waals surface area contributed by atoms with Crippen molar-refractivity contribution in [1.82, 2.24) is 0 Å². The van der Waals surface area contributed by atoms with Crippen LogP contribution in [-0.2, 0) is 14.3 Å². The summed E-state index contributed by atoms with van der Waals surface area (Å²) in [6, 6.07) is 12.3. The van der Waals surface area contributed by atoms with Crippen LogP contribution in [0.2, 0.25) is 0 Å². The summed E-state index contributed by atoms with van der Waals surface area (Å²) in [5.41, 5.74) is 2.43. The maximum atomic E-state index is 14.1. The molecule has 2 aromatic rings. The molecule has 3 saturated heterocycles. The quantitative estimate of drug-likeness (QED) is 0.687. The van der Waals surface area contributed by atoms with Gasteiger partial charge in [0.05, 0.1) is 50.5 Å². The monoisotopic (exact) mass is 433 g/mol. The SMILES string of the molecule is COc1ccc(C(=O)[C@@H]2[C@H]3[C@@H](C(=O)[C@H]4OC[C@H]3O4)[C@H]3C=Cc4ccccc4N32)c(OC)c1. The van der Waals surface area contributed by atoms with Crippen LogP contribution in [0, 0.1) is 11.8 Å². The second kappa shape index (κ2) is 7.18. The lowest BCUT2D eigenvalue weighted by Crippen LogP contribution is -2.48. The number of carbonyl (C=O) groups is 2. The van der Waals surface area contributed by atoms with E-state index in [4.69, 9.17) is 18.9 Å². The highest BCUT2D eigenvalue weighted by Gasteiger charge is 2.63. The van der Waals surface area contributed by atoms with Crippen LogP contribution in [0.1, 0.15) is 15.9 Å². The number of anilines is 1. The number of para-hydroxylation sites is 1. The molecule has 0 aliphatic carbocycles. The van der Waals surface area contributed by atoms with Gasteiger partial charge in [-0.25, -0.2) is 0 Å². The van der Waals surface area contributed by atoms with Gasteiger partial charge in [-0.3, -0.25) is 9.59 Å². The van der Waals surface area contributed by atoms with Crippen LogP contribution in [0.5, 0.6) is 11.5 Å². The number of methoxy groups -OCH3 is 2. The Hall–Kier alpha value is -3.16. The average molecular weight is 433 g/mol. The Bertz CT molecular complexity index is 1140. The zero-order valence-electron chi connectivity index (χ0n) is 17.8. The molecule has 32 heavy (non-hydrogen) atoms. The molecule has 6 rings (SSSR count). The lowest BCUT2D eigenvalue weighted by atomic mass is 9.77. The third-order valence-electron chi connectivity index (χ3n) is 7.10. The molecule has 3 fully saturated rings. The minimum atomic E-state index is -0.835. The molecule has 4 heterocycles. The van der Waals surface area contributed by atoms with Crippen LogP contribution in [0.4, 0.5) is 5.69 Å². The molecular weight excluding hydrogens is 410 g/mol. The van der Waals surface area contributed by atoms with E-state index >= 15 is 0 Å². The first kappa shape index (κ1) is 19.5. The van der Waals surface area contributed by atoms with E-state index in [-0.39, 0.29) is 35.5 Å². The number of rotatable bonds is 4. The van der Waals surface area contributed by atoms with Gasteiger partial charge in [-0.15, -0.1) is 0 Å². The first-order valence-electron chi connectivity index (χ1n) is 10.7. The molecule has 0 spiro atoms. The summed E-state index contributed by atoms with van der Waals surface area (Å²) in [5, 5.41) is 0. The number of Topliss-reactive ketones (excluding diaryl/α,β-unsaturated/α-hetero) is 2. The number of nitrogens with zero attached hydrogens (tertiary/aromatic N) is 1. The second-order valence-electron chi connectivity index (χ2n) is 8.54. The average Bonchev–Trinajstić information content (AvgIpc) is 3.43. The van der Waals surface area contributed by atoms with Gasteiger partial charge in [-0.05, 0) is 23.8 Å². The van der Waals surface area contributed by atoms with Crippen molar-refractivity contribution < 1.29 is 28.5 Å². The molecule has 2 aromatic carbocycles. The highest BCUT2D eigenvalue weighted by Crippen LogP contribution is 2.51. The van der Waals surface area contributed by atoms with Gasteiger partial charge in [-0.2, -0.15) is 0 Å². The number of ether oxygens (including phenoxy) is 4. The molecule has 0 aromatic heterocycles. The van der Waals surface area contributed by atoms with Crippen molar-refractivity contribution in [2.24, 2.45) is 11.8 Å². The minimum absolute atomic E-state index is 0.0835. The van der Waals surface area contributed by atoms with Crippen molar-refractivity contribution in [3.8, 4) is 11.5 Å². The van der Waals surface area contributed by atoms with Crippen molar-refractivity contribution in [2.75, 3.05) is 25.7 Å². The molecular formula is C25H23NO6. The fraction of sp³-hybridized carbons (Fsp3) is 0.360. The molecule has 164 valence electrons. The number of carbonyl (C=O) groups excluding carboxylic acids is 2. The first-order chi connectivity index (χ1) is 15.6. The number of hydrogen-bond acceptors (Lipinski definition) is 7. The van der Waals surface area contributed by atoms with Crippen LogP contribution in [0.15, 0.2) is 48.5 Å². The summed E-state index contributed by atoms with van der Waals surface area (Å²) >= 11 is 0. The maximum Gasteiger partial charge on any atom is 0.218 e. The summed E-state index contributed by atoms with van der Waals surface area (Å²) in [5.74, 6) is 0.174. The van der Waals surface area contributed by atoms with Gasteiger partial charge >= 0.3 is 0 Å². The van der Waals surface area contributed by atoms with Gasteiger partial charge in [0.25, 0.3) is 0 Å². The molecule has 4 aliphatic rings. The predicted octanol–water partition coefficient (Wildman–Crippen LogP) is 2.73.